The first-order chi connectivity index (χ1) is 13.9. The molecular weight excluding hydrogens is 362 g/mol. The summed E-state index contributed by atoms with van der Waals surface area (Å²) in [6, 6.07) is 8.07. The van der Waals surface area contributed by atoms with Crippen molar-refractivity contribution in [3.63, 3.8) is 0 Å². The summed E-state index contributed by atoms with van der Waals surface area (Å²) in [5.41, 5.74) is 1.12. The fourth-order valence-corrected chi connectivity index (χ4v) is 6.67. The molecule has 6 rings (SSSR count). The van der Waals surface area contributed by atoms with Gasteiger partial charge in [0.1, 0.15) is 5.66 Å². The smallest absolute Gasteiger partial charge is 0.255 e. The number of fused-ring (bicyclic) bond motifs is 3. The van der Waals surface area contributed by atoms with Gasteiger partial charge < -0.3 is 16.0 Å². The molecule has 1 aromatic carbocycles. The van der Waals surface area contributed by atoms with Crippen molar-refractivity contribution in [3.05, 3.63) is 29.8 Å². The molecule has 156 valence electrons. The van der Waals surface area contributed by atoms with Crippen LogP contribution in [0, 0.1) is 23.2 Å². The maximum absolute atomic E-state index is 13.3. The quantitative estimate of drug-likeness (QED) is 0.707. The monoisotopic (exact) mass is 395 g/mol. The highest BCUT2D eigenvalue weighted by molar-refractivity contribution is 6.02. The largest absolute Gasteiger partial charge is 0.362 e. The van der Waals surface area contributed by atoms with Gasteiger partial charge in [0, 0.05) is 23.6 Å². The van der Waals surface area contributed by atoms with Gasteiger partial charge in [-0.05, 0) is 62.0 Å². The zero-order valence-corrected chi connectivity index (χ0v) is 17.6. The molecular formula is C24H33N3O2. The molecule has 2 amide bonds. The highest BCUT2D eigenvalue weighted by Crippen LogP contribution is 2.58. The van der Waals surface area contributed by atoms with E-state index in [1.54, 1.807) is 0 Å². The normalized spacial score (nSPS) is 40.7. The predicted octanol–water partition coefficient (Wildman–Crippen LogP) is 4.06. The van der Waals surface area contributed by atoms with E-state index in [9.17, 15) is 9.59 Å². The number of benzene rings is 1. The Bertz CT molecular complexity index is 839. The Morgan fingerprint density at radius 1 is 1.14 bits per heavy atom. The number of carbonyl (C=O) groups excluding carboxylic acids is 2. The minimum Gasteiger partial charge on any atom is -0.362 e. The van der Waals surface area contributed by atoms with Crippen molar-refractivity contribution in [2.75, 3.05) is 5.32 Å². The van der Waals surface area contributed by atoms with Crippen molar-refractivity contribution >= 4 is 17.5 Å². The molecule has 1 aliphatic heterocycles. The average molecular weight is 396 g/mol. The summed E-state index contributed by atoms with van der Waals surface area (Å²) >= 11 is 0. The summed E-state index contributed by atoms with van der Waals surface area (Å²) in [5.74, 6) is 1.14. The third kappa shape index (κ3) is 3.04. The second-order valence-electron chi connectivity index (χ2n) is 10.3. The van der Waals surface area contributed by atoms with Gasteiger partial charge in [0.25, 0.3) is 5.91 Å². The molecule has 29 heavy (non-hydrogen) atoms. The van der Waals surface area contributed by atoms with Crippen molar-refractivity contribution in [3.8, 4) is 0 Å². The van der Waals surface area contributed by atoms with E-state index in [-0.39, 0.29) is 29.1 Å². The number of carbonyl (C=O) groups is 2. The molecule has 4 saturated carbocycles. The minimum atomic E-state index is -0.423. The molecule has 3 N–H and O–H groups in total. The molecule has 2 bridgehead atoms. The summed E-state index contributed by atoms with van der Waals surface area (Å²) in [6.45, 7) is 4.53. The van der Waals surface area contributed by atoms with Crippen molar-refractivity contribution < 1.29 is 9.59 Å². The second kappa shape index (κ2) is 6.75. The van der Waals surface area contributed by atoms with Gasteiger partial charge in [-0.3, -0.25) is 9.59 Å². The standard InChI is InChI=1S/C24H33N3O2/c1-15-7-3-5-9-19(15)25-22(29)18-13-16-11-12-23(18,2)14-24(16)26-20-10-6-4-8-17(20)21(28)27-24/h4,6,8,10,15-16,18-19,26H,3,5,7,9,11-14H2,1-2H3,(H,25,29)(H,27,28)/t15-,16-,18-,19+,23+,24-/m0/s1. The van der Waals surface area contributed by atoms with Crippen LogP contribution in [0.4, 0.5) is 5.69 Å². The van der Waals surface area contributed by atoms with E-state index in [1.165, 1.54) is 19.3 Å². The first-order valence-corrected chi connectivity index (χ1v) is 11.4. The molecule has 0 radical (unpaired) electrons. The zero-order valence-electron chi connectivity index (χ0n) is 17.6. The zero-order chi connectivity index (χ0) is 20.2. The molecule has 0 saturated heterocycles. The van der Waals surface area contributed by atoms with Crippen molar-refractivity contribution in [1.82, 2.24) is 10.6 Å². The SMILES string of the molecule is C[C@H]1CCCC[C@H]1NC(=O)[C@@H]1C[C@@H]2CC[C@]1(C)C[C@]21NC(=O)c2ccccc2N1. The highest BCUT2D eigenvalue weighted by Gasteiger charge is 2.60. The lowest BCUT2D eigenvalue weighted by Gasteiger charge is -2.61. The van der Waals surface area contributed by atoms with Crippen LogP contribution in [-0.2, 0) is 4.79 Å². The fraction of sp³-hybridized carbons (Fsp3) is 0.667. The van der Waals surface area contributed by atoms with E-state index in [0.29, 0.717) is 17.5 Å². The van der Waals surface area contributed by atoms with Gasteiger partial charge >= 0.3 is 0 Å². The van der Waals surface area contributed by atoms with E-state index in [1.807, 2.05) is 24.3 Å². The van der Waals surface area contributed by atoms with E-state index >= 15 is 0 Å². The van der Waals surface area contributed by atoms with Gasteiger partial charge in [-0.1, -0.05) is 38.8 Å². The molecule has 5 heteroatoms. The van der Waals surface area contributed by atoms with Crippen LogP contribution in [0.2, 0.25) is 0 Å². The molecule has 0 unspecified atom stereocenters. The Kier molecular flexibility index (Phi) is 4.41. The third-order valence-electron chi connectivity index (χ3n) is 8.43. The Morgan fingerprint density at radius 3 is 2.72 bits per heavy atom. The van der Waals surface area contributed by atoms with Crippen molar-refractivity contribution in [1.29, 1.82) is 0 Å². The van der Waals surface area contributed by atoms with Crippen LogP contribution in [-0.4, -0.2) is 23.5 Å². The Hall–Kier alpha value is -2.04. The summed E-state index contributed by atoms with van der Waals surface area (Å²) in [4.78, 5) is 26.1. The maximum Gasteiger partial charge on any atom is 0.255 e. The van der Waals surface area contributed by atoms with Gasteiger partial charge in [-0.25, -0.2) is 0 Å². The third-order valence-corrected chi connectivity index (χ3v) is 8.43. The summed E-state index contributed by atoms with van der Waals surface area (Å²) in [6.07, 6.45) is 8.59. The predicted molar refractivity (Wildman–Crippen MR) is 113 cm³/mol. The molecule has 1 heterocycles. The number of anilines is 1. The maximum atomic E-state index is 13.3. The van der Waals surface area contributed by atoms with Gasteiger partial charge in [-0.15, -0.1) is 0 Å². The van der Waals surface area contributed by atoms with Gasteiger partial charge in [-0.2, -0.15) is 0 Å². The molecule has 5 nitrogen and oxygen atoms in total. The molecule has 1 aromatic rings. The van der Waals surface area contributed by atoms with Crippen LogP contribution in [0.5, 0.6) is 0 Å². The lowest BCUT2D eigenvalue weighted by atomic mass is 9.51. The van der Waals surface area contributed by atoms with Gasteiger partial charge in [0.2, 0.25) is 5.91 Å². The van der Waals surface area contributed by atoms with Crippen LogP contribution in [0.15, 0.2) is 24.3 Å². The number of hydrogen-bond acceptors (Lipinski definition) is 3. The Balaban J connectivity index is 1.36. The minimum absolute atomic E-state index is 0.00697. The Labute approximate surface area is 173 Å². The van der Waals surface area contributed by atoms with Gasteiger partial charge in [0.15, 0.2) is 0 Å². The lowest BCUT2D eigenvalue weighted by molar-refractivity contribution is -0.140. The average Bonchev–Trinajstić information content (AvgIpc) is 2.69. The Morgan fingerprint density at radius 2 is 1.93 bits per heavy atom. The van der Waals surface area contributed by atoms with Crippen LogP contribution < -0.4 is 16.0 Å². The van der Waals surface area contributed by atoms with E-state index < -0.39 is 5.66 Å². The number of amides is 2. The first-order valence-electron chi connectivity index (χ1n) is 11.4. The van der Waals surface area contributed by atoms with Crippen LogP contribution in [0.25, 0.3) is 0 Å². The summed E-state index contributed by atoms with van der Waals surface area (Å²) in [5, 5.41) is 10.4. The van der Waals surface area contributed by atoms with E-state index in [2.05, 4.69) is 29.8 Å². The van der Waals surface area contributed by atoms with E-state index in [4.69, 9.17) is 0 Å². The molecule has 0 aromatic heterocycles. The first kappa shape index (κ1) is 19.0. The highest BCUT2D eigenvalue weighted by atomic mass is 16.2. The summed E-state index contributed by atoms with van der Waals surface area (Å²) in [7, 11) is 0. The fourth-order valence-electron chi connectivity index (χ4n) is 6.67. The number of para-hydroxylation sites is 1. The topological polar surface area (TPSA) is 70.2 Å². The van der Waals surface area contributed by atoms with Crippen molar-refractivity contribution in [2.24, 2.45) is 23.2 Å². The summed E-state index contributed by atoms with van der Waals surface area (Å²) < 4.78 is 0. The number of hydrogen-bond donors (Lipinski definition) is 3. The van der Waals surface area contributed by atoms with Crippen LogP contribution in [0.3, 0.4) is 0 Å². The second-order valence-corrected chi connectivity index (χ2v) is 10.3. The number of rotatable bonds is 2. The lowest BCUT2D eigenvalue weighted by Crippen LogP contribution is -2.70. The van der Waals surface area contributed by atoms with E-state index in [0.717, 1.165) is 37.8 Å². The number of nitrogens with one attached hydrogen (secondary N) is 3. The molecule has 6 atom stereocenters. The molecule has 4 aliphatic carbocycles. The van der Waals surface area contributed by atoms with Crippen molar-refractivity contribution in [2.45, 2.75) is 76.9 Å². The molecule has 1 spiro atoms. The molecule has 5 aliphatic rings. The van der Waals surface area contributed by atoms with Crippen LogP contribution in [0.1, 0.15) is 75.6 Å². The van der Waals surface area contributed by atoms with Crippen LogP contribution >= 0.6 is 0 Å². The van der Waals surface area contributed by atoms with Gasteiger partial charge in [0.05, 0.1) is 5.56 Å². The molecule has 4 fully saturated rings.